The van der Waals surface area contributed by atoms with E-state index in [-0.39, 0.29) is 37.5 Å². The molecule has 0 heterocycles. The fourth-order valence-corrected chi connectivity index (χ4v) is 10.0. The minimum atomic E-state index is -0.806. The molecule has 0 rings (SSSR count). The molecule has 0 fully saturated rings. The minimum Gasteiger partial charge on any atom is -0.462 e. The molecule has 0 aliphatic heterocycles. The van der Waals surface area contributed by atoms with Crippen LogP contribution in [0.15, 0.2) is 109 Å². The van der Waals surface area contributed by atoms with Gasteiger partial charge in [0, 0.05) is 19.3 Å². The zero-order valence-corrected chi connectivity index (χ0v) is 54.7. The summed E-state index contributed by atoms with van der Waals surface area (Å²) in [5.74, 6) is -0.935. The average molecular weight is 1150 g/mol. The summed E-state index contributed by atoms with van der Waals surface area (Å²) in [7, 11) is 0. The normalized spacial score (nSPS) is 12.8. The molecule has 0 aliphatic carbocycles. The summed E-state index contributed by atoms with van der Waals surface area (Å²) in [6.45, 7) is 6.41. The van der Waals surface area contributed by atoms with E-state index in [1.165, 1.54) is 167 Å². The van der Waals surface area contributed by atoms with Crippen LogP contribution >= 0.6 is 0 Å². The van der Waals surface area contributed by atoms with Crippen LogP contribution in [0.4, 0.5) is 0 Å². The Morgan fingerprint density at radius 2 is 0.470 bits per heavy atom. The molecule has 0 aromatic carbocycles. The maximum Gasteiger partial charge on any atom is 0.306 e. The molecule has 0 aliphatic rings. The van der Waals surface area contributed by atoms with E-state index in [0.717, 1.165) is 135 Å². The van der Waals surface area contributed by atoms with Crippen LogP contribution < -0.4 is 0 Å². The summed E-state index contributed by atoms with van der Waals surface area (Å²) >= 11 is 0. The molecular weight excluding hydrogens is 1020 g/mol. The highest BCUT2D eigenvalue weighted by Gasteiger charge is 2.19. The van der Waals surface area contributed by atoms with E-state index >= 15 is 0 Å². The van der Waals surface area contributed by atoms with E-state index in [1.807, 2.05) is 0 Å². The third kappa shape index (κ3) is 68.7. The van der Waals surface area contributed by atoms with Crippen molar-refractivity contribution in [3.63, 3.8) is 0 Å². The molecule has 0 spiro atoms. The second-order valence-corrected chi connectivity index (χ2v) is 23.4. The fourth-order valence-electron chi connectivity index (χ4n) is 10.0. The van der Waals surface area contributed by atoms with E-state index in [2.05, 4.69) is 130 Å². The Balaban J connectivity index is 4.27. The van der Waals surface area contributed by atoms with Gasteiger partial charge in [-0.1, -0.05) is 310 Å². The topological polar surface area (TPSA) is 78.9 Å². The summed E-state index contributed by atoms with van der Waals surface area (Å²) in [5.41, 5.74) is 0. The predicted molar refractivity (Wildman–Crippen MR) is 362 cm³/mol. The molecule has 0 radical (unpaired) electrons. The van der Waals surface area contributed by atoms with Gasteiger partial charge >= 0.3 is 17.9 Å². The molecule has 0 bridgehead atoms. The van der Waals surface area contributed by atoms with Crippen molar-refractivity contribution < 1.29 is 28.6 Å². The minimum absolute atomic E-state index is 0.0962. The van der Waals surface area contributed by atoms with Crippen LogP contribution in [0.3, 0.4) is 0 Å². The lowest BCUT2D eigenvalue weighted by atomic mass is 10.0. The molecule has 0 aromatic heterocycles. The van der Waals surface area contributed by atoms with Crippen LogP contribution in [-0.4, -0.2) is 37.2 Å². The smallest absolute Gasteiger partial charge is 0.306 e. The van der Waals surface area contributed by atoms with Gasteiger partial charge in [-0.2, -0.15) is 0 Å². The molecule has 6 nitrogen and oxygen atoms in total. The quantitative estimate of drug-likeness (QED) is 0.0261. The number of allylic oxidation sites excluding steroid dienone is 18. The lowest BCUT2D eigenvalue weighted by Gasteiger charge is -2.18. The number of esters is 3. The van der Waals surface area contributed by atoms with Gasteiger partial charge in [0.1, 0.15) is 13.2 Å². The van der Waals surface area contributed by atoms with Gasteiger partial charge in [0.05, 0.1) is 0 Å². The van der Waals surface area contributed by atoms with Crippen molar-refractivity contribution in [3.05, 3.63) is 109 Å². The molecule has 1 atom stereocenters. The second-order valence-electron chi connectivity index (χ2n) is 23.4. The molecule has 0 saturated carbocycles. The SMILES string of the molecule is CC/C=C\C/C=C\C/C=C\C/C=C\C/C=C\CCCCCC(=O)OC(COC(=O)CCCCCCC/C=C\C/C=C\C/C=C\CC)COC(=O)CCCCCCCCCCCCCCCCCCCCC/C=C\CCCCCCCCCC. The predicted octanol–water partition coefficient (Wildman–Crippen LogP) is 24.6. The van der Waals surface area contributed by atoms with E-state index in [4.69, 9.17) is 14.2 Å². The van der Waals surface area contributed by atoms with Crippen molar-refractivity contribution in [1.29, 1.82) is 0 Å². The molecule has 6 heteroatoms. The maximum absolute atomic E-state index is 12.9. The van der Waals surface area contributed by atoms with Crippen molar-refractivity contribution in [1.82, 2.24) is 0 Å². The number of carbonyl (C=O) groups is 3. The van der Waals surface area contributed by atoms with Crippen LogP contribution in [0.5, 0.6) is 0 Å². The van der Waals surface area contributed by atoms with Crippen molar-refractivity contribution in [2.75, 3.05) is 13.2 Å². The van der Waals surface area contributed by atoms with Gasteiger partial charge in [-0.3, -0.25) is 14.4 Å². The van der Waals surface area contributed by atoms with E-state index in [9.17, 15) is 14.4 Å². The second kappa shape index (κ2) is 70.6. The fraction of sp³-hybridized carbons (Fsp3) is 0.727. The summed E-state index contributed by atoms with van der Waals surface area (Å²) < 4.78 is 16.9. The van der Waals surface area contributed by atoms with Gasteiger partial charge in [-0.15, -0.1) is 0 Å². The summed E-state index contributed by atoms with van der Waals surface area (Å²) in [6, 6.07) is 0. The Bertz CT molecular complexity index is 1660. The Hall–Kier alpha value is -3.93. The van der Waals surface area contributed by atoms with Crippen LogP contribution in [0.25, 0.3) is 0 Å². The molecule has 1 unspecified atom stereocenters. The molecule has 0 amide bonds. The lowest BCUT2D eigenvalue weighted by Crippen LogP contribution is -2.30. The van der Waals surface area contributed by atoms with E-state index < -0.39 is 6.10 Å². The Kier molecular flexibility index (Phi) is 67.2. The summed E-state index contributed by atoms with van der Waals surface area (Å²) in [5, 5.41) is 0. The van der Waals surface area contributed by atoms with E-state index in [1.54, 1.807) is 0 Å². The summed E-state index contributed by atoms with van der Waals surface area (Å²) in [4.78, 5) is 38.4. The molecular formula is C77H132O6. The Morgan fingerprint density at radius 1 is 0.253 bits per heavy atom. The largest absolute Gasteiger partial charge is 0.462 e. The molecule has 0 N–H and O–H groups in total. The standard InChI is InChI=1S/C77H132O6/c1-4-7-10-13-16-19-22-25-28-30-32-33-34-35-36-37-38-39-40-41-42-43-45-46-49-52-55-58-61-64-67-70-76(79)82-73-74(72-81-75(78)69-66-63-60-57-54-51-48-27-24-21-18-15-12-9-6-3)83-77(80)71-68-65-62-59-56-53-50-47-44-31-29-26-23-20-17-14-11-8-5-2/h8-9,11-12,17-18,20-21,26-27,29-30,32,44,47-48,53,56,74H,4-7,10,13-16,19,22-25,28,31,33-43,45-46,49-52,54-55,57-73H2,1-3H3/b11-8-,12-9-,20-17-,21-18-,29-26-,32-30-,47-44-,48-27-,56-53-. The summed E-state index contributed by atoms with van der Waals surface area (Å²) in [6.07, 6.45) is 97.0. The van der Waals surface area contributed by atoms with Gasteiger partial charge in [-0.05, 0) is 122 Å². The highest BCUT2D eigenvalue weighted by atomic mass is 16.6. The number of ether oxygens (including phenoxy) is 3. The van der Waals surface area contributed by atoms with Gasteiger partial charge in [-0.25, -0.2) is 0 Å². The van der Waals surface area contributed by atoms with Crippen LogP contribution in [0, 0.1) is 0 Å². The first-order valence-electron chi connectivity index (χ1n) is 35.4. The van der Waals surface area contributed by atoms with Gasteiger partial charge in [0.25, 0.3) is 0 Å². The third-order valence-corrected chi connectivity index (χ3v) is 15.2. The molecule has 0 saturated heterocycles. The van der Waals surface area contributed by atoms with Crippen molar-refractivity contribution >= 4 is 17.9 Å². The number of hydrogen-bond donors (Lipinski definition) is 0. The number of hydrogen-bond acceptors (Lipinski definition) is 6. The van der Waals surface area contributed by atoms with Crippen LogP contribution in [-0.2, 0) is 28.6 Å². The zero-order chi connectivity index (χ0) is 59.9. The first-order chi connectivity index (χ1) is 41.0. The Labute approximate surface area is 514 Å². The van der Waals surface area contributed by atoms with Gasteiger partial charge < -0.3 is 14.2 Å². The first-order valence-corrected chi connectivity index (χ1v) is 35.4. The highest BCUT2D eigenvalue weighted by Crippen LogP contribution is 2.17. The zero-order valence-electron chi connectivity index (χ0n) is 54.7. The first kappa shape index (κ1) is 79.1. The van der Waals surface area contributed by atoms with Crippen LogP contribution in [0.2, 0.25) is 0 Å². The molecule has 476 valence electrons. The van der Waals surface area contributed by atoms with Crippen molar-refractivity contribution in [2.45, 2.75) is 348 Å². The molecule has 83 heavy (non-hydrogen) atoms. The van der Waals surface area contributed by atoms with Crippen molar-refractivity contribution in [3.8, 4) is 0 Å². The van der Waals surface area contributed by atoms with Gasteiger partial charge in [0.15, 0.2) is 6.10 Å². The Morgan fingerprint density at radius 3 is 0.759 bits per heavy atom. The van der Waals surface area contributed by atoms with Crippen molar-refractivity contribution in [2.24, 2.45) is 0 Å². The number of carbonyl (C=O) groups excluding carboxylic acids is 3. The van der Waals surface area contributed by atoms with E-state index in [0.29, 0.717) is 12.8 Å². The monoisotopic (exact) mass is 1150 g/mol. The lowest BCUT2D eigenvalue weighted by molar-refractivity contribution is -0.167. The van der Waals surface area contributed by atoms with Gasteiger partial charge in [0.2, 0.25) is 0 Å². The number of rotatable bonds is 64. The maximum atomic E-state index is 12.9. The number of unbranched alkanes of at least 4 members (excludes halogenated alkanes) is 35. The molecule has 0 aromatic rings. The third-order valence-electron chi connectivity index (χ3n) is 15.2. The highest BCUT2D eigenvalue weighted by molar-refractivity contribution is 5.71. The average Bonchev–Trinajstić information content (AvgIpc) is 3.49. The van der Waals surface area contributed by atoms with Crippen LogP contribution in [0.1, 0.15) is 342 Å².